The molecule has 6 heteroatoms. The van der Waals surface area contributed by atoms with Crippen LogP contribution in [0.25, 0.3) is 0 Å². The molecule has 1 atom stereocenters. The van der Waals surface area contributed by atoms with Crippen LogP contribution < -0.4 is 0 Å². The van der Waals surface area contributed by atoms with E-state index in [1.165, 1.54) is 6.92 Å². The Labute approximate surface area is 105 Å². The van der Waals surface area contributed by atoms with Gasteiger partial charge in [-0.05, 0) is 12.8 Å². The van der Waals surface area contributed by atoms with Gasteiger partial charge in [-0.1, -0.05) is 20.8 Å². The predicted octanol–water partition coefficient (Wildman–Crippen LogP) is 0.825. The number of Topliss-reactive ketones (excluding diaryl/α,β-unsaturated/α-hetero) is 2. The maximum Gasteiger partial charge on any atom is 0.374 e. The van der Waals surface area contributed by atoms with Crippen LogP contribution >= 0.6 is 0 Å². The number of ketones is 2. The van der Waals surface area contributed by atoms with Crippen LogP contribution in [0.5, 0.6) is 0 Å². The maximum atomic E-state index is 11.6. The molecule has 6 nitrogen and oxygen atoms in total. The molecule has 0 saturated carbocycles. The molecule has 1 N–H and O–H groups in total. The summed E-state index contributed by atoms with van der Waals surface area (Å²) in [6.45, 7) is 4.60. The van der Waals surface area contributed by atoms with E-state index in [4.69, 9.17) is 5.11 Å². The van der Waals surface area contributed by atoms with Crippen molar-refractivity contribution in [3.63, 3.8) is 0 Å². The highest BCUT2D eigenvalue weighted by Gasteiger charge is 2.34. The molecule has 0 aromatic heterocycles. The first kappa shape index (κ1) is 16.3. The van der Waals surface area contributed by atoms with Gasteiger partial charge in [-0.3, -0.25) is 9.59 Å². The van der Waals surface area contributed by atoms with Gasteiger partial charge in [-0.15, -0.1) is 0 Å². The standard InChI is InChI=1S/C12H18O6/c1-7(8(13)10(15)16)5-6-12(2,3)9(14)11(17)18-4/h7H,5-6H2,1-4H3,(H,15,16). The number of hydrogen-bond donors (Lipinski definition) is 1. The molecule has 0 aromatic carbocycles. The Balaban J connectivity index is 4.52. The highest BCUT2D eigenvalue weighted by atomic mass is 16.5. The second kappa shape index (κ2) is 6.28. The Hall–Kier alpha value is -1.72. The molecule has 0 radical (unpaired) electrons. The van der Waals surface area contributed by atoms with Crippen LogP contribution in [0, 0.1) is 11.3 Å². The van der Waals surface area contributed by atoms with Crippen molar-refractivity contribution < 1.29 is 29.0 Å². The van der Waals surface area contributed by atoms with Crippen molar-refractivity contribution in [1.82, 2.24) is 0 Å². The number of carbonyl (C=O) groups excluding carboxylic acids is 3. The van der Waals surface area contributed by atoms with Crippen molar-refractivity contribution in [3.05, 3.63) is 0 Å². The quantitative estimate of drug-likeness (QED) is 0.536. The van der Waals surface area contributed by atoms with Gasteiger partial charge in [0.05, 0.1) is 7.11 Å². The second-order valence-corrected chi connectivity index (χ2v) is 4.81. The lowest BCUT2D eigenvalue weighted by atomic mass is 9.80. The average Bonchev–Trinajstić information content (AvgIpc) is 2.32. The van der Waals surface area contributed by atoms with Gasteiger partial charge in [0.25, 0.3) is 0 Å². The molecule has 0 saturated heterocycles. The number of rotatable bonds is 7. The summed E-state index contributed by atoms with van der Waals surface area (Å²) in [5, 5.41) is 8.53. The minimum Gasteiger partial charge on any atom is -0.475 e. The molecule has 0 heterocycles. The van der Waals surface area contributed by atoms with Gasteiger partial charge in [0.1, 0.15) is 0 Å². The molecule has 0 aromatic rings. The lowest BCUT2D eigenvalue weighted by Crippen LogP contribution is -2.33. The van der Waals surface area contributed by atoms with Crippen LogP contribution in [-0.2, 0) is 23.9 Å². The average molecular weight is 258 g/mol. The third kappa shape index (κ3) is 4.27. The van der Waals surface area contributed by atoms with E-state index in [-0.39, 0.29) is 12.8 Å². The molecule has 0 amide bonds. The minimum atomic E-state index is -1.49. The van der Waals surface area contributed by atoms with E-state index in [0.29, 0.717) is 0 Å². The summed E-state index contributed by atoms with van der Waals surface area (Å²) >= 11 is 0. The van der Waals surface area contributed by atoms with Gasteiger partial charge in [-0.25, -0.2) is 9.59 Å². The van der Waals surface area contributed by atoms with Gasteiger partial charge in [-0.2, -0.15) is 0 Å². The van der Waals surface area contributed by atoms with Crippen LogP contribution in [-0.4, -0.2) is 35.7 Å². The topological polar surface area (TPSA) is 97.7 Å². The number of hydrogen-bond acceptors (Lipinski definition) is 5. The number of aliphatic carboxylic acids is 1. The third-order valence-corrected chi connectivity index (χ3v) is 2.85. The van der Waals surface area contributed by atoms with E-state index in [0.717, 1.165) is 7.11 Å². The highest BCUT2D eigenvalue weighted by Crippen LogP contribution is 2.26. The van der Waals surface area contributed by atoms with Crippen molar-refractivity contribution >= 4 is 23.5 Å². The van der Waals surface area contributed by atoms with Crippen LogP contribution in [0.1, 0.15) is 33.6 Å². The Morgan fingerprint density at radius 2 is 1.72 bits per heavy atom. The molecular formula is C12H18O6. The van der Waals surface area contributed by atoms with Gasteiger partial charge >= 0.3 is 11.9 Å². The first-order valence-corrected chi connectivity index (χ1v) is 5.53. The summed E-state index contributed by atoms with van der Waals surface area (Å²) in [5.41, 5.74) is -0.972. The van der Waals surface area contributed by atoms with E-state index in [2.05, 4.69) is 4.74 Å². The molecule has 0 bridgehead atoms. The van der Waals surface area contributed by atoms with Crippen LogP contribution in [0.4, 0.5) is 0 Å². The fourth-order valence-corrected chi connectivity index (χ4v) is 1.40. The van der Waals surface area contributed by atoms with Gasteiger partial charge in [0.15, 0.2) is 0 Å². The molecule has 0 fully saturated rings. The number of carbonyl (C=O) groups is 4. The number of ether oxygens (including phenoxy) is 1. The van der Waals surface area contributed by atoms with Gasteiger partial charge < -0.3 is 9.84 Å². The zero-order valence-corrected chi connectivity index (χ0v) is 11.0. The molecule has 0 aliphatic rings. The fourth-order valence-electron chi connectivity index (χ4n) is 1.40. The zero-order chi connectivity index (χ0) is 14.5. The lowest BCUT2D eigenvalue weighted by molar-refractivity contribution is -0.156. The van der Waals surface area contributed by atoms with E-state index < -0.39 is 34.8 Å². The van der Waals surface area contributed by atoms with Crippen LogP contribution in [0.15, 0.2) is 0 Å². The predicted molar refractivity (Wildman–Crippen MR) is 61.8 cm³/mol. The van der Waals surface area contributed by atoms with Crippen molar-refractivity contribution in [2.45, 2.75) is 33.6 Å². The smallest absolute Gasteiger partial charge is 0.374 e. The van der Waals surface area contributed by atoms with E-state index >= 15 is 0 Å². The SMILES string of the molecule is COC(=O)C(=O)C(C)(C)CCC(C)C(=O)C(=O)O. The summed E-state index contributed by atoms with van der Waals surface area (Å²) in [4.78, 5) is 44.4. The Morgan fingerprint density at radius 1 is 1.22 bits per heavy atom. The van der Waals surface area contributed by atoms with Crippen LogP contribution in [0.3, 0.4) is 0 Å². The zero-order valence-electron chi connectivity index (χ0n) is 11.0. The lowest BCUT2D eigenvalue weighted by Gasteiger charge is -2.22. The van der Waals surface area contributed by atoms with Crippen molar-refractivity contribution in [2.24, 2.45) is 11.3 Å². The van der Waals surface area contributed by atoms with Crippen molar-refractivity contribution in [2.75, 3.05) is 7.11 Å². The normalized spacial score (nSPS) is 12.7. The molecule has 18 heavy (non-hydrogen) atoms. The molecular weight excluding hydrogens is 240 g/mol. The van der Waals surface area contributed by atoms with Gasteiger partial charge in [0.2, 0.25) is 11.6 Å². The van der Waals surface area contributed by atoms with E-state index in [1.807, 2.05) is 0 Å². The third-order valence-electron chi connectivity index (χ3n) is 2.85. The fraction of sp³-hybridized carbons (Fsp3) is 0.667. The van der Waals surface area contributed by atoms with E-state index in [1.54, 1.807) is 13.8 Å². The summed E-state index contributed by atoms with van der Waals surface area (Å²) in [6, 6.07) is 0. The summed E-state index contributed by atoms with van der Waals surface area (Å²) in [6.07, 6.45) is 0.460. The molecule has 102 valence electrons. The second-order valence-electron chi connectivity index (χ2n) is 4.81. The Morgan fingerprint density at radius 3 is 2.11 bits per heavy atom. The number of esters is 1. The van der Waals surface area contributed by atoms with Crippen molar-refractivity contribution in [3.8, 4) is 0 Å². The van der Waals surface area contributed by atoms with E-state index in [9.17, 15) is 19.2 Å². The number of carboxylic acids is 1. The molecule has 0 rings (SSSR count). The maximum absolute atomic E-state index is 11.6. The van der Waals surface area contributed by atoms with Crippen LogP contribution in [0.2, 0.25) is 0 Å². The summed E-state index contributed by atoms with van der Waals surface area (Å²) in [7, 11) is 1.12. The minimum absolute atomic E-state index is 0.223. The monoisotopic (exact) mass is 258 g/mol. The first-order chi connectivity index (χ1) is 8.13. The Kier molecular flexibility index (Phi) is 5.68. The molecule has 0 aliphatic carbocycles. The highest BCUT2D eigenvalue weighted by molar-refractivity contribution is 6.35. The first-order valence-electron chi connectivity index (χ1n) is 5.53. The molecule has 0 spiro atoms. The Bertz CT molecular complexity index is 369. The largest absolute Gasteiger partial charge is 0.475 e. The molecule has 0 aliphatic heterocycles. The number of carboxylic acid groups (broad SMARTS) is 1. The van der Waals surface area contributed by atoms with Gasteiger partial charge in [0, 0.05) is 11.3 Å². The summed E-state index contributed by atoms with van der Waals surface area (Å²) in [5.74, 6) is -4.68. The summed E-state index contributed by atoms with van der Waals surface area (Å²) < 4.78 is 4.34. The van der Waals surface area contributed by atoms with Crippen molar-refractivity contribution in [1.29, 1.82) is 0 Å². The number of methoxy groups -OCH3 is 1. The molecule has 1 unspecified atom stereocenters.